The molecule has 0 fully saturated rings. The Labute approximate surface area is 171 Å². The lowest BCUT2D eigenvalue weighted by atomic mass is 10.1. The molecule has 0 saturated carbocycles. The van der Waals surface area contributed by atoms with Crippen LogP contribution in [0.2, 0.25) is 0 Å². The van der Waals surface area contributed by atoms with Crippen molar-refractivity contribution < 1.29 is 23.8 Å². The van der Waals surface area contributed by atoms with E-state index < -0.39 is 11.9 Å². The van der Waals surface area contributed by atoms with Gasteiger partial charge in [0.05, 0.1) is 18.9 Å². The highest BCUT2D eigenvalue weighted by Crippen LogP contribution is 2.30. The van der Waals surface area contributed by atoms with Crippen molar-refractivity contribution in [1.82, 2.24) is 9.78 Å². The molecule has 29 heavy (non-hydrogen) atoms. The van der Waals surface area contributed by atoms with E-state index >= 15 is 0 Å². The number of hydrogen-bond donors (Lipinski definition) is 1. The molecule has 2 rings (SSSR count). The van der Waals surface area contributed by atoms with Gasteiger partial charge in [-0.15, -0.1) is 0 Å². The Morgan fingerprint density at radius 2 is 1.79 bits per heavy atom. The van der Waals surface area contributed by atoms with Gasteiger partial charge in [0.25, 0.3) is 5.91 Å². The Balaban J connectivity index is 1.84. The molecule has 0 radical (unpaired) electrons. The maximum atomic E-state index is 12.1. The predicted octanol–water partition coefficient (Wildman–Crippen LogP) is 2.95. The summed E-state index contributed by atoms with van der Waals surface area (Å²) in [6.45, 7) is 8.27. The van der Waals surface area contributed by atoms with E-state index in [0.717, 1.165) is 17.0 Å². The van der Waals surface area contributed by atoms with Gasteiger partial charge in [-0.2, -0.15) is 5.10 Å². The summed E-state index contributed by atoms with van der Waals surface area (Å²) in [5, 5.41) is 7.02. The van der Waals surface area contributed by atoms with Gasteiger partial charge >= 0.3 is 5.97 Å². The molecule has 0 spiro atoms. The molecule has 0 aliphatic rings. The van der Waals surface area contributed by atoms with Crippen LogP contribution in [0.3, 0.4) is 0 Å². The highest BCUT2D eigenvalue weighted by Gasteiger charge is 2.14. The maximum absolute atomic E-state index is 12.1. The van der Waals surface area contributed by atoms with Crippen molar-refractivity contribution >= 4 is 17.6 Å². The molecule has 0 atom stereocenters. The Bertz CT molecular complexity index is 860. The average molecular weight is 403 g/mol. The summed E-state index contributed by atoms with van der Waals surface area (Å²) in [5.41, 5.74) is 3.50. The zero-order chi connectivity index (χ0) is 21.4. The first-order valence-electron chi connectivity index (χ1n) is 9.69. The molecule has 0 bridgehead atoms. The van der Waals surface area contributed by atoms with Crippen molar-refractivity contribution in [2.24, 2.45) is 7.05 Å². The Morgan fingerprint density at radius 3 is 2.41 bits per heavy atom. The number of nitrogens with one attached hydrogen (secondary N) is 1. The second-order valence-corrected chi connectivity index (χ2v) is 6.51. The molecule has 1 heterocycles. The van der Waals surface area contributed by atoms with Crippen LogP contribution in [0, 0.1) is 13.8 Å². The van der Waals surface area contributed by atoms with E-state index in [9.17, 15) is 9.59 Å². The lowest BCUT2D eigenvalue weighted by molar-refractivity contribution is -0.147. The number of ether oxygens (including phenoxy) is 3. The minimum absolute atomic E-state index is 0.193. The third-order valence-corrected chi connectivity index (χ3v) is 4.43. The number of esters is 1. The van der Waals surface area contributed by atoms with Crippen molar-refractivity contribution in [3.63, 3.8) is 0 Å². The predicted molar refractivity (Wildman–Crippen MR) is 109 cm³/mol. The number of amides is 1. The second-order valence-electron chi connectivity index (χ2n) is 6.51. The van der Waals surface area contributed by atoms with Crippen LogP contribution in [0.15, 0.2) is 18.2 Å². The number of aryl methyl sites for hydroxylation is 2. The van der Waals surface area contributed by atoms with E-state index in [1.54, 1.807) is 22.9 Å². The molecule has 8 nitrogen and oxygen atoms in total. The summed E-state index contributed by atoms with van der Waals surface area (Å²) in [6.07, 6.45) is 0.723. The van der Waals surface area contributed by atoms with Crippen LogP contribution in [0.4, 0.5) is 5.69 Å². The van der Waals surface area contributed by atoms with Gasteiger partial charge < -0.3 is 19.5 Å². The molecule has 1 amide bonds. The average Bonchev–Trinajstić information content (AvgIpc) is 2.92. The van der Waals surface area contributed by atoms with Gasteiger partial charge in [-0.25, -0.2) is 0 Å². The largest absolute Gasteiger partial charge is 0.490 e. The Morgan fingerprint density at radius 1 is 1.10 bits per heavy atom. The lowest BCUT2D eigenvalue weighted by Gasteiger charge is -2.13. The van der Waals surface area contributed by atoms with E-state index in [-0.39, 0.29) is 13.0 Å². The summed E-state index contributed by atoms with van der Waals surface area (Å²) in [5.74, 6) is 0.314. The van der Waals surface area contributed by atoms with Gasteiger partial charge in [-0.1, -0.05) is 0 Å². The van der Waals surface area contributed by atoms with Crippen LogP contribution in [0.1, 0.15) is 37.2 Å². The lowest BCUT2D eigenvalue weighted by Crippen LogP contribution is -2.21. The molecule has 0 aliphatic heterocycles. The summed E-state index contributed by atoms with van der Waals surface area (Å²) < 4.78 is 17.9. The van der Waals surface area contributed by atoms with Crippen molar-refractivity contribution in [3.8, 4) is 11.5 Å². The van der Waals surface area contributed by atoms with Gasteiger partial charge in [0, 0.05) is 30.9 Å². The normalized spacial score (nSPS) is 10.5. The summed E-state index contributed by atoms with van der Waals surface area (Å²) in [4.78, 5) is 24.1. The van der Waals surface area contributed by atoms with Gasteiger partial charge in [-0.3, -0.25) is 14.3 Å². The van der Waals surface area contributed by atoms with E-state index in [0.29, 0.717) is 36.8 Å². The van der Waals surface area contributed by atoms with Gasteiger partial charge in [0.1, 0.15) is 0 Å². The quantitative estimate of drug-likeness (QED) is 0.613. The highest BCUT2D eigenvalue weighted by molar-refractivity contribution is 5.93. The summed E-state index contributed by atoms with van der Waals surface area (Å²) in [7, 11) is 1.87. The van der Waals surface area contributed by atoms with Crippen molar-refractivity contribution in [1.29, 1.82) is 0 Å². The molecule has 1 aromatic heterocycles. The second kappa shape index (κ2) is 10.5. The number of benzene rings is 1. The maximum Gasteiger partial charge on any atom is 0.306 e. The number of hydrogen-bond acceptors (Lipinski definition) is 6. The monoisotopic (exact) mass is 403 g/mol. The van der Waals surface area contributed by atoms with Crippen LogP contribution >= 0.6 is 0 Å². The third kappa shape index (κ3) is 6.23. The number of anilines is 1. The SMILES string of the molecule is CCOc1ccc(NC(=O)COC(=O)CCc2c(C)nn(C)c2C)cc1OCC. The van der Waals surface area contributed by atoms with Crippen molar-refractivity contribution in [3.05, 3.63) is 35.2 Å². The number of carbonyl (C=O) groups is 2. The smallest absolute Gasteiger partial charge is 0.306 e. The minimum Gasteiger partial charge on any atom is -0.490 e. The molecular weight excluding hydrogens is 374 g/mol. The van der Waals surface area contributed by atoms with Crippen LogP contribution in [0.25, 0.3) is 0 Å². The molecule has 1 N–H and O–H groups in total. The molecule has 2 aromatic rings. The van der Waals surface area contributed by atoms with Gasteiger partial charge in [-0.05, 0) is 51.8 Å². The fourth-order valence-electron chi connectivity index (χ4n) is 2.95. The third-order valence-electron chi connectivity index (χ3n) is 4.43. The van der Waals surface area contributed by atoms with Gasteiger partial charge in [0.15, 0.2) is 18.1 Å². The molecule has 0 aliphatic carbocycles. The number of aromatic nitrogens is 2. The zero-order valence-electron chi connectivity index (χ0n) is 17.7. The molecule has 0 unspecified atom stereocenters. The molecular formula is C21H29N3O5. The van der Waals surface area contributed by atoms with Crippen LogP contribution in [-0.4, -0.2) is 41.5 Å². The first-order chi connectivity index (χ1) is 13.8. The van der Waals surface area contributed by atoms with E-state index in [1.165, 1.54) is 0 Å². The number of carbonyl (C=O) groups excluding carboxylic acids is 2. The standard InChI is InChI=1S/C21H29N3O5/c1-6-27-18-10-8-16(12-19(18)28-7-2)22-20(25)13-29-21(26)11-9-17-14(3)23-24(5)15(17)4/h8,10,12H,6-7,9,11,13H2,1-5H3,(H,22,25). The van der Waals surface area contributed by atoms with Crippen LogP contribution in [0.5, 0.6) is 11.5 Å². The summed E-state index contributed by atoms with van der Waals surface area (Å²) in [6, 6.07) is 5.12. The highest BCUT2D eigenvalue weighted by atomic mass is 16.5. The van der Waals surface area contributed by atoms with E-state index in [1.807, 2.05) is 34.7 Å². The van der Waals surface area contributed by atoms with Crippen LogP contribution in [-0.2, 0) is 27.8 Å². The van der Waals surface area contributed by atoms with E-state index in [4.69, 9.17) is 14.2 Å². The first kappa shape index (κ1) is 22.3. The zero-order valence-corrected chi connectivity index (χ0v) is 17.7. The molecule has 0 saturated heterocycles. The molecule has 158 valence electrons. The topological polar surface area (TPSA) is 91.7 Å². The van der Waals surface area contributed by atoms with Gasteiger partial charge in [0.2, 0.25) is 0 Å². The first-order valence-corrected chi connectivity index (χ1v) is 9.69. The molecule has 8 heteroatoms. The fraction of sp³-hybridized carbons (Fsp3) is 0.476. The van der Waals surface area contributed by atoms with Crippen molar-refractivity contribution in [2.45, 2.75) is 40.5 Å². The number of nitrogens with zero attached hydrogens (tertiary/aromatic N) is 2. The van der Waals surface area contributed by atoms with Crippen LogP contribution < -0.4 is 14.8 Å². The Hall–Kier alpha value is -3.03. The Kier molecular flexibility index (Phi) is 8.06. The number of rotatable bonds is 10. The summed E-state index contributed by atoms with van der Waals surface area (Å²) >= 11 is 0. The fourth-order valence-corrected chi connectivity index (χ4v) is 2.95. The van der Waals surface area contributed by atoms with E-state index in [2.05, 4.69) is 10.4 Å². The van der Waals surface area contributed by atoms with Crippen molar-refractivity contribution in [2.75, 3.05) is 25.1 Å². The minimum atomic E-state index is -0.426. The molecule has 1 aromatic carbocycles.